The van der Waals surface area contributed by atoms with Gasteiger partial charge in [0, 0.05) is 51.3 Å². The summed E-state index contributed by atoms with van der Waals surface area (Å²) >= 11 is 7.00. The Bertz CT molecular complexity index is 4680. The lowest BCUT2D eigenvalue weighted by molar-refractivity contribution is -0.249. The molecule has 10 aromatic rings. The van der Waals surface area contributed by atoms with E-state index in [-0.39, 0.29) is 24.0 Å². The van der Waals surface area contributed by atoms with E-state index < -0.39 is 45.2 Å². The molecule has 1 atom stereocenters. The Morgan fingerprint density at radius 1 is 0.559 bits per heavy atom. The second-order valence-electron chi connectivity index (χ2n) is 25.5. The zero-order chi connectivity index (χ0) is 65.5. The van der Waals surface area contributed by atoms with Gasteiger partial charge in [-0.1, -0.05) is 207 Å². The number of hydrogen-bond donors (Lipinski definition) is 1. The minimum atomic E-state index is -5.15. The SMILES string of the molecule is [C-]#[N+]C1=C(/C=C/c2cc3c(s2)-c2sc4c5c(sc4c2C3(c2ccc(C(C)C)cc2)c2ccc(C(C)C)cc2)-c2sc(/C=C/c3ccc(N(C)CCO)cc3)cc2C5(c2ccc(C(C)C)cc2)c2ccc(C(C)C)cc2)C(c2ccccc2)(C(F)(F)F)OC1=C(C#N)C#N. The Hall–Kier alpha value is -8.84. The number of hydrogen-bond acceptors (Lipinski definition) is 9. The van der Waals surface area contributed by atoms with Crippen molar-refractivity contribution in [3.8, 4) is 31.6 Å². The number of rotatable bonds is 16. The summed E-state index contributed by atoms with van der Waals surface area (Å²) < 4.78 is 57.0. The predicted molar refractivity (Wildman–Crippen MR) is 378 cm³/mol. The summed E-state index contributed by atoms with van der Waals surface area (Å²) in [5, 5.41) is 29.8. The van der Waals surface area contributed by atoms with Crippen molar-refractivity contribution in [1.82, 2.24) is 0 Å². The third-order valence-electron chi connectivity index (χ3n) is 18.9. The van der Waals surface area contributed by atoms with Crippen molar-refractivity contribution < 1.29 is 23.0 Å². The number of anilines is 1. The van der Waals surface area contributed by atoms with Gasteiger partial charge in [0.25, 0.3) is 0 Å². The molecule has 13 rings (SSSR count). The highest BCUT2D eigenvalue weighted by Crippen LogP contribution is 2.70. The molecule has 0 saturated heterocycles. The van der Waals surface area contributed by atoms with Gasteiger partial charge in [0.1, 0.15) is 12.1 Å². The highest BCUT2D eigenvalue weighted by molar-refractivity contribution is 7.34. The summed E-state index contributed by atoms with van der Waals surface area (Å²) in [7, 11) is 1.98. The summed E-state index contributed by atoms with van der Waals surface area (Å²) in [4.78, 5) is 12.0. The minimum Gasteiger partial charge on any atom is -0.478 e. The number of likely N-dealkylation sites (N-methyl/N-ethyl adjacent to an activating group) is 1. The molecule has 0 amide bonds. The van der Waals surface area contributed by atoms with E-state index in [2.05, 4.69) is 206 Å². The molecule has 4 aromatic heterocycles. The van der Waals surface area contributed by atoms with Crippen LogP contribution in [-0.2, 0) is 21.2 Å². The molecule has 6 nitrogen and oxygen atoms in total. The van der Waals surface area contributed by atoms with Gasteiger partial charge in [0.05, 0.1) is 52.9 Å². The van der Waals surface area contributed by atoms with Gasteiger partial charge in [0.2, 0.25) is 11.3 Å². The molecule has 2 aliphatic carbocycles. The summed E-state index contributed by atoms with van der Waals surface area (Å²) in [6.45, 7) is 26.7. The molecular weight excluding hydrogens is 1230 g/mol. The van der Waals surface area contributed by atoms with Gasteiger partial charge in [-0.25, -0.2) is 4.85 Å². The fraction of sp³-hybridized carbons (Fsp3) is 0.237. The molecule has 0 fully saturated rings. The lowest BCUT2D eigenvalue weighted by Gasteiger charge is -2.34. The second-order valence-corrected chi connectivity index (χ2v) is 29.7. The maximum absolute atomic E-state index is 16.2. The zero-order valence-corrected chi connectivity index (χ0v) is 56.3. The van der Waals surface area contributed by atoms with E-state index in [9.17, 15) is 15.6 Å². The van der Waals surface area contributed by atoms with Crippen molar-refractivity contribution in [2.75, 3.05) is 25.1 Å². The molecule has 5 heterocycles. The molecule has 13 heteroatoms. The van der Waals surface area contributed by atoms with E-state index in [0.717, 1.165) is 42.6 Å². The van der Waals surface area contributed by atoms with Crippen LogP contribution in [0.15, 0.2) is 192 Å². The monoisotopic (exact) mass is 1300 g/mol. The van der Waals surface area contributed by atoms with Crippen molar-refractivity contribution in [3.63, 3.8) is 0 Å². The molecule has 1 unspecified atom stereocenters. The topological polar surface area (TPSA) is 84.6 Å². The van der Waals surface area contributed by atoms with E-state index in [1.165, 1.54) is 111 Å². The van der Waals surface area contributed by atoms with E-state index in [1.807, 2.05) is 34.6 Å². The van der Waals surface area contributed by atoms with Crippen LogP contribution in [0.5, 0.6) is 0 Å². The van der Waals surface area contributed by atoms with Gasteiger partial charge in [-0.3, -0.25) is 0 Å². The fourth-order valence-corrected chi connectivity index (χ4v) is 19.6. The van der Waals surface area contributed by atoms with Crippen LogP contribution in [0.1, 0.15) is 167 Å². The number of alkyl halides is 3. The minimum absolute atomic E-state index is 0.0733. The van der Waals surface area contributed by atoms with Gasteiger partial charge in [-0.05, 0) is 121 Å². The average Bonchev–Trinajstić information content (AvgIpc) is 1.49. The number of benzene rings is 6. The Labute approximate surface area is 558 Å². The third kappa shape index (κ3) is 9.99. The molecule has 0 spiro atoms. The highest BCUT2D eigenvalue weighted by Gasteiger charge is 2.65. The molecular formula is C80H67F3N4O2S4. The van der Waals surface area contributed by atoms with E-state index in [1.54, 1.807) is 35.6 Å². The molecule has 6 aromatic carbocycles. The summed E-state index contributed by atoms with van der Waals surface area (Å²) in [6.07, 6.45) is 2.23. The molecule has 93 heavy (non-hydrogen) atoms. The van der Waals surface area contributed by atoms with Crippen LogP contribution in [0, 0.1) is 29.2 Å². The first-order chi connectivity index (χ1) is 44.7. The van der Waals surface area contributed by atoms with Gasteiger partial charge in [-0.2, -0.15) is 23.7 Å². The summed E-state index contributed by atoms with van der Waals surface area (Å²) in [6, 6.07) is 60.1. The fourth-order valence-electron chi connectivity index (χ4n) is 14.0. The van der Waals surface area contributed by atoms with Crippen LogP contribution in [0.3, 0.4) is 0 Å². The molecule has 464 valence electrons. The lowest BCUT2D eigenvalue weighted by atomic mass is 9.67. The quantitative estimate of drug-likeness (QED) is 0.0770. The number of fused-ring (bicyclic) bond motifs is 9. The number of ether oxygens (including phenoxy) is 1. The van der Waals surface area contributed by atoms with Gasteiger partial charge >= 0.3 is 6.18 Å². The van der Waals surface area contributed by atoms with Crippen LogP contribution in [-0.4, -0.2) is 31.5 Å². The van der Waals surface area contributed by atoms with Crippen LogP contribution in [0.2, 0.25) is 0 Å². The molecule has 1 aliphatic heterocycles. The number of thiophene rings is 4. The van der Waals surface area contributed by atoms with E-state index >= 15 is 13.2 Å². The molecule has 0 saturated carbocycles. The molecule has 0 bridgehead atoms. The molecule has 0 radical (unpaired) electrons. The van der Waals surface area contributed by atoms with E-state index in [4.69, 9.17) is 11.3 Å². The van der Waals surface area contributed by atoms with Crippen molar-refractivity contribution in [1.29, 1.82) is 10.5 Å². The van der Waals surface area contributed by atoms with Crippen LogP contribution in [0.25, 0.3) is 52.0 Å². The maximum Gasteiger partial charge on any atom is 0.435 e. The first-order valence-corrected chi connectivity index (χ1v) is 34.6. The lowest BCUT2D eigenvalue weighted by Crippen LogP contribution is -2.43. The molecule has 3 aliphatic rings. The number of halogens is 3. The second kappa shape index (κ2) is 24.2. The summed E-state index contributed by atoms with van der Waals surface area (Å²) in [5.74, 6) is 0.426. The van der Waals surface area contributed by atoms with Crippen molar-refractivity contribution in [3.05, 3.63) is 292 Å². The number of allylic oxidation sites excluding steroid dienone is 1. The number of aliphatic hydroxyl groups is 1. The smallest absolute Gasteiger partial charge is 0.435 e. The van der Waals surface area contributed by atoms with Crippen LogP contribution >= 0.6 is 45.3 Å². The van der Waals surface area contributed by atoms with Crippen molar-refractivity contribution in [2.45, 2.75) is 102 Å². The summed E-state index contributed by atoms with van der Waals surface area (Å²) in [5.41, 5.74) is 9.06. The predicted octanol–water partition coefficient (Wildman–Crippen LogP) is 21.9. The average molecular weight is 1300 g/mol. The van der Waals surface area contributed by atoms with E-state index in [0.29, 0.717) is 23.3 Å². The van der Waals surface area contributed by atoms with Crippen molar-refractivity contribution >= 4 is 78.7 Å². The largest absolute Gasteiger partial charge is 0.478 e. The Kier molecular flexibility index (Phi) is 16.4. The van der Waals surface area contributed by atoms with Crippen LogP contribution in [0.4, 0.5) is 18.9 Å². The first-order valence-electron chi connectivity index (χ1n) is 31.3. The number of aliphatic hydroxyl groups excluding tert-OH is 1. The Morgan fingerprint density at radius 2 is 0.968 bits per heavy atom. The first kappa shape index (κ1) is 62.9. The maximum atomic E-state index is 16.2. The van der Waals surface area contributed by atoms with Gasteiger partial charge in [0.15, 0.2) is 11.3 Å². The molecule has 1 N–H and O–H groups in total. The number of nitriles is 2. The van der Waals surface area contributed by atoms with Gasteiger partial charge < -0.3 is 14.7 Å². The Morgan fingerprint density at radius 3 is 1.33 bits per heavy atom. The van der Waals surface area contributed by atoms with Gasteiger partial charge in [-0.15, -0.1) is 45.3 Å². The zero-order valence-electron chi connectivity index (χ0n) is 53.0. The van der Waals surface area contributed by atoms with Crippen molar-refractivity contribution in [2.24, 2.45) is 0 Å². The van der Waals surface area contributed by atoms with Crippen LogP contribution < -0.4 is 4.90 Å². The Balaban J connectivity index is 1.10. The highest BCUT2D eigenvalue weighted by atomic mass is 32.1. The normalized spacial score (nSPS) is 16.2. The number of nitrogens with zero attached hydrogens (tertiary/aromatic N) is 4. The third-order valence-corrected chi connectivity index (χ3v) is 24.0. The standard InChI is InChI=1S/C80H67F3N4O2S4/c1-46(2)51-19-27-56(28-20-51)77(57-29-21-52(22-30-57)47(3)4)65-42-62(37-18-50-16-35-61(36-17-50)87(10)40-41-88)90-71(65)73-67(77)75-76(92-73)68-74(93-75)72-66(78(68,58-31-23-53(24-32-58)48(5)6)59-33-25-54(26-34-59)49(7)8)43-63(91-72)38-39-64-69(86-9)70(55(44-84)45-85)89-79(64,80(81,82)83)60-14-12-11-13-15-60/h11-39,42-43,46-49,88H,40-41H2,1-8,10H3/b37-18+,39-38+.